The van der Waals surface area contributed by atoms with Crippen LogP contribution in [0.15, 0.2) is 82.1 Å². The number of nitrogens with zero attached hydrogens (tertiary/aromatic N) is 3. The van der Waals surface area contributed by atoms with Gasteiger partial charge >= 0.3 is 0 Å². The highest BCUT2D eigenvalue weighted by Crippen LogP contribution is 2.26. The highest BCUT2D eigenvalue weighted by molar-refractivity contribution is 9.10. The molecule has 0 aliphatic rings. The molecule has 1 aromatic carbocycles. The fourth-order valence-electron chi connectivity index (χ4n) is 2.61. The van der Waals surface area contributed by atoms with Crippen LogP contribution >= 0.6 is 31.9 Å². The van der Waals surface area contributed by atoms with Crippen molar-refractivity contribution >= 4 is 43.3 Å². The third kappa shape index (κ3) is 4.94. The monoisotopic (exact) mass is 488 g/mol. The van der Waals surface area contributed by atoms with Gasteiger partial charge in [-0.1, -0.05) is 30.3 Å². The maximum absolute atomic E-state index is 5.65. The highest BCUT2D eigenvalue weighted by atomic mass is 79.9. The number of fused-ring (bicyclic) bond motifs is 1. The molecule has 4 rings (SSSR count). The van der Waals surface area contributed by atoms with Gasteiger partial charge in [0.05, 0.1) is 11.9 Å². The summed E-state index contributed by atoms with van der Waals surface area (Å²) < 4.78 is 9.67. The van der Waals surface area contributed by atoms with Crippen molar-refractivity contribution in [3.63, 3.8) is 0 Å². The van der Waals surface area contributed by atoms with Crippen LogP contribution in [0.4, 0.5) is 5.82 Å². The van der Waals surface area contributed by atoms with Crippen LogP contribution < -0.4 is 5.73 Å². The van der Waals surface area contributed by atoms with E-state index in [0.717, 1.165) is 25.8 Å². The van der Waals surface area contributed by atoms with E-state index in [1.807, 2.05) is 53.2 Å². The third-order valence-electron chi connectivity index (χ3n) is 3.86. The van der Waals surface area contributed by atoms with Crippen molar-refractivity contribution in [3.8, 4) is 0 Å². The van der Waals surface area contributed by atoms with Crippen LogP contribution in [0.1, 0.15) is 17.4 Å². The van der Waals surface area contributed by atoms with E-state index < -0.39 is 0 Å². The molecule has 2 N–H and O–H groups in total. The minimum atomic E-state index is -0.120. The minimum absolute atomic E-state index is 0.120. The lowest BCUT2D eigenvalue weighted by Gasteiger charge is -2.15. The summed E-state index contributed by atoms with van der Waals surface area (Å²) in [7, 11) is 1.72. The highest BCUT2D eigenvalue weighted by Gasteiger charge is 2.17. The van der Waals surface area contributed by atoms with Crippen molar-refractivity contribution in [1.29, 1.82) is 0 Å². The van der Waals surface area contributed by atoms with E-state index in [4.69, 9.17) is 10.5 Å². The average molecular weight is 490 g/mol. The second-order valence-electron chi connectivity index (χ2n) is 5.69. The summed E-state index contributed by atoms with van der Waals surface area (Å²) >= 11 is 6.72. The molecule has 3 aromatic heterocycles. The van der Waals surface area contributed by atoms with Crippen LogP contribution in [0.25, 0.3) is 5.65 Å². The molecule has 0 radical (unpaired) electrons. The Kier molecular flexibility index (Phi) is 6.60. The van der Waals surface area contributed by atoms with Crippen LogP contribution in [0.3, 0.4) is 0 Å². The Morgan fingerprint density at radius 1 is 0.926 bits per heavy atom. The van der Waals surface area contributed by atoms with Crippen molar-refractivity contribution in [1.82, 2.24) is 14.4 Å². The molecule has 0 bridgehead atoms. The summed E-state index contributed by atoms with van der Waals surface area (Å²) in [6, 6.07) is 17.7. The summed E-state index contributed by atoms with van der Waals surface area (Å²) in [5, 5.41) is 0. The lowest BCUT2D eigenvalue weighted by molar-refractivity contribution is 0.132. The first kappa shape index (κ1) is 19.5. The number of hydrogen-bond acceptors (Lipinski definition) is 4. The number of ether oxygens (including phenoxy) is 1. The average Bonchev–Trinajstić information content (AvgIpc) is 3.09. The number of nitrogens with two attached hydrogens (primary N) is 1. The molecule has 1 unspecified atom stereocenters. The van der Waals surface area contributed by atoms with Crippen molar-refractivity contribution in [3.05, 3.63) is 93.4 Å². The molecule has 0 fully saturated rings. The van der Waals surface area contributed by atoms with E-state index in [1.165, 1.54) is 0 Å². The maximum atomic E-state index is 5.65. The Morgan fingerprint density at radius 3 is 2.30 bits per heavy atom. The summed E-state index contributed by atoms with van der Waals surface area (Å²) in [6.45, 7) is 0. The SMILES string of the molecule is COC(c1ccccc1)c1cnc2ccc(Br)cn12.Nc1ccc(Br)cn1. The van der Waals surface area contributed by atoms with Crippen molar-refractivity contribution < 1.29 is 4.74 Å². The fourth-order valence-corrected chi connectivity index (χ4v) is 3.18. The van der Waals surface area contributed by atoms with Gasteiger partial charge in [-0.15, -0.1) is 0 Å². The van der Waals surface area contributed by atoms with Crippen molar-refractivity contribution in [2.75, 3.05) is 12.8 Å². The van der Waals surface area contributed by atoms with Gasteiger partial charge < -0.3 is 10.5 Å². The van der Waals surface area contributed by atoms with Crippen LogP contribution in [-0.2, 0) is 4.74 Å². The zero-order chi connectivity index (χ0) is 19.2. The lowest BCUT2D eigenvalue weighted by atomic mass is 10.1. The van der Waals surface area contributed by atoms with E-state index in [-0.39, 0.29) is 6.10 Å². The molecule has 138 valence electrons. The van der Waals surface area contributed by atoms with E-state index in [2.05, 4.69) is 54.0 Å². The second kappa shape index (κ2) is 9.12. The number of nitrogen functional groups attached to an aromatic ring is 1. The number of aromatic nitrogens is 3. The summed E-state index contributed by atoms with van der Waals surface area (Å²) in [5.41, 5.74) is 8.34. The first-order chi connectivity index (χ1) is 13.1. The molecule has 0 aliphatic heterocycles. The Balaban J connectivity index is 0.000000221. The van der Waals surface area contributed by atoms with E-state index in [9.17, 15) is 0 Å². The number of pyridine rings is 2. The molecule has 3 heterocycles. The number of benzene rings is 1. The topological polar surface area (TPSA) is 65.4 Å². The largest absolute Gasteiger partial charge is 0.384 e. The van der Waals surface area contributed by atoms with Gasteiger partial charge in [-0.2, -0.15) is 0 Å². The Labute approximate surface area is 174 Å². The smallest absolute Gasteiger partial charge is 0.137 e. The number of rotatable bonds is 3. The van der Waals surface area contributed by atoms with Crippen LogP contribution in [0, 0.1) is 0 Å². The fraction of sp³-hybridized carbons (Fsp3) is 0.100. The number of methoxy groups -OCH3 is 1. The van der Waals surface area contributed by atoms with E-state index in [0.29, 0.717) is 5.82 Å². The predicted molar refractivity (Wildman–Crippen MR) is 115 cm³/mol. The quantitative estimate of drug-likeness (QED) is 0.426. The van der Waals surface area contributed by atoms with Gasteiger partial charge in [-0.05, 0) is 61.7 Å². The zero-order valence-electron chi connectivity index (χ0n) is 14.6. The maximum Gasteiger partial charge on any atom is 0.137 e. The van der Waals surface area contributed by atoms with Gasteiger partial charge in [0, 0.05) is 28.4 Å². The molecule has 27 heavy (non-hydrogen) atoms. The Morgan fingerprint density at radius 2 is 1.67 bits per heavy atom. The normalized spacial score (nSPS) is 11.7. The van der Waals surface area contributed by atoms with Gasteiger partial charge in [0.25, 0.3) is 0 Å². The molecule has 0 amide bonds. The zero-order valence-corrected chi connectivity index (χ0v) is 17.8. The van der Waals surface area contributed by atoms with Gasteiger partial charge in [0.1, 0.15) is 17.6 Å². The predicted octanol–water partition coefficient (Wildman–Crippen LogP) is 5.26. The summed E-state index contributed by atoms with van der Waals surface area (Å²) in [6.07, 6.45) is 5.41. The molecule has 0 saturated carbocycles. The summed E-state index contributed by atoms with van der Waals surface area (Å²) in [4.78, 5) is 8.23. The molecule has 7 heteroatoms. The van der Waals surface area contributed by atoms with Gasteiger partial charge in [-0.3, -0.25) is 4.40 Å². The molecule has 1 atom stereocenters. The number of imidazole rings is 1. The third-order valence-corrected chi connectivity index (χ3v) is 4.79. The Hall–Kier alpha value is -2.22. The molecule has 0 aliphatic carbocycles. The molecule has 4 aromatic rings. The van der Waals surface area contributed by atoms with Crippen molar-refractivity contribution in [2.24, 2.45) is 0 Å². The molecular weight excluding hydrogens is 472 g/mol. The van der Waals surface area contributed by atoms with Crippen LogP contribution in [0.2, 0.25) is 0 Å². The van der Waals surface area contributed by atoms with Crippen LogP contribution in [-0.4, -0.2) is 21.5 Å². The Bertz CT molecular complexity index is 983. The van der Waals surface area contributed by atoms with Gasteiger partial charge in [0.2, 0.25) is 0 Å². The number of anilines is 1. The molecule has 0 saturated heterocycles. The number of halogens is 2. The minimum Gasteiger partial charge on any atom is -0.384 e. The second-order valence-corrected chi connectivity index (χ2v) is 7.52. The first-order valence-electron chi connectivity index (χ1n) is 8.16. The molecule has 0 spiro atoms. The van der Waals surface area contributed by atoms with Gasteiger partial charge in [0.15, 0.2) is 0 Å². The van der Waals surface area contributed by atoms with Crippen LogP contribution in [0.5, 0.6) is 0 Å². The van der Waals surface area contributed by atoms with Gasteiger partial charge in [-0.25, -0.2) is 9.97 Å². The van der Waals surface area contributed by atoms with Crippen molar-refractivity contribution in [2.45, 2.75) is 6.10 Å². The summed E-state index contributed by atoms with van der Waals surface area (Å²) in [5.74, 6) is 0.549. The lowest BCUT2D eigenvalue weighted by Crippen LogP contribution is -2.06. The molecular formula is C20H18Br2N4O. The van der Waals surface area contributed by atoms with E-state index >= 15 is 0 Å². The number of hydrogen-bond donors (Lipinski definition) is 1. The molecule has 5 nitrogen and oxygen atoms in total. The standard InChI is InChI=1S/C15H13BrN2O.C5H5BrN2/c1-19-15(11-5-3-2-4-6-11)13-9-17-14-8-7-12(16)10-18(13)14;6-4-1-2-5(7)8-3-4/h2-10,15H,1H3;1-3H,(H2,7,8). The van der Waals surface area contributed by atoms with E-state index in [1.54, 1.807) is 19.4 Å². The first-order valence-corrected chi connectivity index (χ1v) is 9.74.